The van der Waals surface area contributed by atoms with Crippen molar-refractivity contribution in [3.63, 3.8) is 0 Å². The fourth-order valence-corrected chi connectivity index (χ4v) is 3.55. The molecule has 2 atom stereocenters. The largest absolute Gasteiger partial charge is 0.469 e. The Morgan fingerprint density at radius 2 is 2.10 bits per heavy atom. The number of carbonyl (C=O) groups is 1. The van der Waals surface area contributed by atoms with Crippen molar-refractivity contribution in [3.05, 3.63) is 0 Å². The second kappa shape index (κ2) is 7.61. The fraction of sp³-hybridized carbons (Fsp3) is 0.867. The van der Waals surface area contributed by atoms with E-state index in [2.05, 4.69) is 16.3 Å². The van der Waals surface area contributed by atoms with Crippen LogP contribution in [0.25, 0.3) is 0 Å². The molecule has 0 spiro atoms. The van der Waals surface area contributed by atoms with E-state index in [1.165, 1.54) is 32.8 Å². The Balaban J connectivity index is 1.89. The minimum Gasteiger partial charge on any atom is -0.469 e. The molecule has 2 fully saturated rings. The normalized spacial score (nSPS) is 28.2. The molecule has 1 saturated heterocycles. The van der Waals surface area contributed by atoms with Crippen molar-refractivity contribution in [2.75, 3.05) is 26.7 Å². The van der Waals surface area contributed by atoms with E-state index in [4.69, 9.17) is 10.00 Å². The zero-order chi connectivity index (χ0) is 14.4. The lowest BCUT2D eigenvalue weighted by molar-refractivity contribution is -0.142. The van der Waals surface area contributed by atoms with Crippen molar-refractivity contribution in [3.8, 4) is 6.07 Å². The average Bonchev–Trinajstić information content (AvgIpc) is 2.91. The van der Waals surface area contributed by atoms with Crippen LogP contribution in [-0.2, 0) is 9.53 Å². The molecule has 0 amide bonds. The fourth-order valence-electron chi connectivity index (χ4n) is 3.55. The van der Waals surface area contributed by atoms with Gasteiger partial charge in [0.05, 0.1) is 19.7 Å². The third-order valence-electron chi connectivity index (χ3n) is 4.42. The summed E-state index contributed by atoms with van der Waals surface area (Å²) in [5.41, 5.74) is 0. The molecule has 0 bridgehead atoms. The van der Waals surface area contributed by atoms with Crippen molar-refractivity contribution < 1.29 is 9.53 Å². The molecule has 0 aromatic carbocycles. The summed E-state index contributed by atoms with van der Waals surface area (Å²) < 4.78 is 4.77. The van der Waals surface area contributed by atoms with Crippen LogP contribution in [0.15, 0.2) is 0 Å². The first kappa shape index (κ1) is 15.3. The maximum absolute atomic E-state index is 11.5. The summed E-state index contributed by atoms with van der Waals surface area (Å²) in [5, 5.41) is 12.6. The van der Waals surface area contributed by atoms with Crippen LogP contribution in [0.3, 0.4) is 0 Å². The van der Waals surface area contributed by atoms with Crippen molar-refractivity contribution in [2.45, 2.75) is 50.6 Å². The maximum Gasteiger partial charge on any atom is 0.305 e. The van der Waals surface area contributed by atoms with Crippen molar-refractivity contribution in [2.24, 2.45) is 5.92 Å². The van der Waals surface area contributed by atoms with Crippen LogP contribution in [0.2, 0.25) is 0 Å². The molecule has 0 aromatic rings. The highest BCUT2D eigenvalue weighted by Crippen LogP contribution is 2.24. The second-order valence-corrected chi connectivity index (χ2v) is 6.08. The molecule has 20 heavy (non-hydrogen) atoms. The van der Waals surface area contributed by atoms with Crippen LogP contribution in [0.4, 0.5) is 0 Å². The minimum atomic E-state index is -0.145. The number of nitrogens with zero attached hydrogens (tertiary/aromatic N) is 2. The van der Waals surface area contributed by atoms with Gasteiger partial charge in [-0.2, -0.15) is 5.26 Å². The monoisotopic (exact) mass is 279 g/mol. The molecule has 1 saturated carbocycles. The van der Waals surface area contributed by atoms with Gasteiger partial charge in [-0.1, -0.05) is 12.8 Å². The predicted molar refractivity (Wildman–Crippen MR) is 76.0 cm³/mol. The van der Waals surface area contributed by atoms with Crippen molar-refractivity contribution in [1.29, 1.82) is 5.26 Å². The number of esters is 1. The minimum absolute atomic E-state index is 0.145. The highest BCUT2D eigenvalue weighted by molar-refractivity contribution is 5.69. The number of hydrogen-bond donors (Lipinski definition) is 1. The Morgan fingerprint density at radius 1 is 1.35 bits per heavy atom. The highest BCUT2D eigenvalue weighted by Gasteiger charge is 2.30. The van der Waals surface area contributed by atoms with Gasteiger partial charge in [-0.15, -0.1) is 0 Å². The molecule has 112 valence electrons. The van der Waals surface area contributed by atoms with Crippen LogP contribution < -0.4 is 5.32 Å². The van der Waals surface area contributed by atoms with E-state index in [9.17, 15) is 4.79 Å². The van der Waals surface area contributed by atoms with Gasteiger partial charge in [-0.3, -0.25) is 9.69 Å². The summed E-state index contributed by atoms with van der Waals surface area (Å²) in [7, 11) is 1.44. The summed E-state index contributed by atoms with van der Waals surface area (Å²) in [6, 6.07) is 3.25. The number of hydrogen-bond acceptors (Lipinski definition) is 5. The number of nitrogens with one attached hydrogen (secondary N) is 1. The number of ether oxygens (including phenoxy) is 1. The Morgan fingerprint density at radius 3 is 2.75 bits per heavy atom. The molecule has 2 rings (SSSR count). The number of nitriles is 1. The van der Waals surface area contributed by atoms with E-state index in [-0.39, 0.29) is 5.97 Å². The first-order chi connectivity index (χ1) is 9.71. The second-order valence-electron chi connectivity index (χ2n) is 6.08. The van der Waals surface area contributed by atoms with Crippen molar-refractivity contribution in [1.82, 2.24) is 10.2 Å². The number of piperidine rings is 1. The van der Waals surface area contributed by atoms with E-state index in [0.29, 0.717) is 31.0 Å². The smallest absolute Gasteiger partial charge is 0.305 e. The van der Waals surface area contributed by atoms with Crippen LogP contribution in [-0.4, -0.2) is 49.7 Å². The number of carbonyl (C=O) groups excluding carboxylic acids is 1. The van der Waals surface area contributed by atoms with E-state index in [0.717, 1.165) is 19.5 Å². The summed E-state index contributed by atoms with van der Waals surface area (Å²) >= 11 is 0. The van der Waals surface area contributed by atoms with Crippen molar-refractivity contribution >= 4 is 5.97 Å². The van der Waals surface area contributed by atoms with Gasteiger partial charge in [-0.25, -0.2) is 0 Å². The van der Waals surface area contributed by atoms with Crippen LogP contribution in [0, 0.1) is 17.2 Å². The summed E-state index contributed by atoms with van der Waals surface area (Å²) in [6.07, 6.45) is 6.62. The van der Waals surface area contributed by atoms with Gasteiger partial charge in [0.2, 0.25) is 0 Å². The van der Waals surface area contributed by atoms with E-state index < -0.39 is 0 Å². The van der Waals surface area contributed by atoms with Gasteiger partial charge in [-0.05, 0) is 25.2 Å². The Hall–Kier alpha value is -1.12. The first-order valence-electron chi connectivity index (χ1n) is 7.63. The molecule has 0 radical (unpaired) electrons. The standard InChI is InChI=1S/C15H25N3O2/c1-20-15(19)9-12-8-14(11-18(10-12)7-6-16)17-13-4-2-3-5-13/h12-14,17H,2-5,7-11H2,1H3. The molecule has 0 aromatic heterocycles. The molecular weight excluding hydrogens is 254 g/mol. The van der Waals surface area contributed by atoms with Crippen LogP contribution >= 0.6 is 0 Å². The van der Waals surface area contributed by atoms with Gasteiger partial charge in [0, 0.05) is 31.6 Å². The number of likely N-dealkylation sites (tertiary alicyclic amines) is 1. The first-order valence-corrected chi connectivity index (χ1v) is 7.63. The lowest BCUT2D eigenvalue weighted by Gasteiger charge is -2.38. The summed E-state index contributed by atoms with van der Waals surface area (Å²) in [5.74, 6) is 0.150. The Bertz CT molecular complexity index is 361. The Kier molecular flexibility index (Phi) is 5.81. The lowest BCUT2D eigenvalue weighted by Crippen LogP contribution is -2.51. The van der Waals surface area contributed by atoms with Gasteiger partial charge in [0.15, 0.2) is 0 Å². The molecule has 1 heterocycles. The van der Waals surface area contributed by atoms with Gasteiger partial charge < -0.3 is 10.1 Å². The topological polar surface area (TPSA) is 65.4 Å². The molecule has 1 aliphatic heterocycles. The average molecular weight is 279 g/mol. The summed E-state index contributed by atoms with van der Waals surface area (Å²) in [4.78, 5) is 13.6. The highest BCUT2D eigenvalue weighted by atomic mass is 16.5. The molecule has 1 aliphatic carbocycles. The van der Waals surface area contributed by atoms with E-state index >= 15 is 0 Å². The maximum atomic E-state index is 11.5. The van der Waals surface area contributed by atoms with E-state index in [1.807, 2.05) is 0 Å². The molecular formula is C15H25N3O2. The SMILES string of the molecule is COC(=O)CC1CC(NC2CCCC2)CN(CC#N)C1. The van der Waals surface area contributed by atoms with Gasteiger partial charge in [0.1, 0.15) is 0 Å². The van der Waals surface area contributed by atoms with Crippen LogP contribution in [0.5, 0.6) is 0 Å². The third kappa shape index (κ3) is 4.46. The zero-order valence-electron chi connectivity index (χ0n) is 12.3. The Labute approximate surface area is 121 Å². The van der Waals surface area contributed by atoms with Gasteiger partial charge in [0.25, 0.3) is 0 Å². The van der Waals surface area contributed by atoms with Gasteiger partial charge >= 0.3 is 5.97 Å². The van der Waals surface area contributed by atoms with E-state index in [1.54, 1.807) is 0 Å². The van der Waals surface area contributed by atoms with Crippen LogP contribution in [0.1, 0.15) is 38.5 Å². The number of methoxy groups -OCH3 is 1. The molecule has 2 aliphatic rings. The quantitative estimate of drug-likeness (QED) is 0.607. The molecule has 5 heteroatoms. The summed E-state index contributed by atoms with van der Waals surface area (Å²) in [6.45, 7) is 2.19. The molecule has 2 unspecified atom stereocenters. The number of rotatable bonds is 5. The third-order valence-corrected chi connectivity index (χ3v) is 4.42. The molecule has 1 N–H and O–H groups in total. The predicted octanol–water partition coefficient (Wildman–Crippen LogP) is 1.30. The molecule has 5 nitrogen and oxygen atoms in total. The zero-order valence-corrected chi connectivity index (χ0v) is 12.3. The lowest BCUT2D eigenvalue weighted by atomic mass is 9.91.